The number of halogens is 3. The van der Waals surface area contributed by atoms with Crippen LogP contribution in [0.15, 0.2) is 36.4 Å². The van der Waals surface area contributed by atoms with E-state index in [2.05, 4.69) is 0 Å². The van der Waals surface area contributed by atoms with Crippen LogP contribution >= 0.6 is 12.6 Å². The summed E-state index contributed by atoms with van der Waals surface area (Å²) in [6.07, 6.45) is -2.82. The SMILES string of the molecule is CCc1cc(N2C(S)N(c3ccc(C#N)c(C(F)(F)F)c3)C(=O)C2(C)C)ccc1OCC1CCN(C(=O)OC(C)(C)C)CC1. The van der Waals surface area contributed by atoms with Gasteiger partial charge in [-0.25, -0.2) is 4.79 Å². The lowest BCUT2D eigenvalue weighted by molar-refractivity contribution is -0.137. The number of carbonyl (C=O) groups is 2. The number of nitrogens with zero attached hydrogens (tertiary/aromatic N) is 4. The van der Waals surface area contributed by atoms with E-state index < -0.39 is 39.8 Å². The van der Waals surface area contributed by atoms with Crippen LogP contribution in [0, 0.1) is 17.2 Å². The molecule has 2 amide bonds. The first kappa shape index (κ1) is 33.3. The Morgan fingerprint density at radius 3 is 2.30 bits per heavy atom. The molecule has 0 bridgehead atoms. The van der Waals surface area contributed by atoms with Crippen molar-refractivity contribution in [3.63, 3.8) is 0 Å². The molecule has 2 aromatic rings. The van der Waals surface area contributed by atoms with Gasteiger partial charge in [0.1, 0.15) is 16.9 Å². The first-order valence-corrected chi connectivity index (χ1v) is 15.2. The van der Waals surface area contributed by atoms with E-state index in [1.165, 1.54) is 11.0 Å². The Morgan fingerprint density at radius 1 is 1.09 bits per heavy atom. The van der Waals surface area contributed by atoms with E-state index in [4.69, 9.17) is 22.1 Å². The zero-order chi connectivity index (χ0) is 32.6. The Balaban J connectivity index is 1.49. The van der Waals surface area contributed by atoms with Gasteiger partial charge in [-0.05, 0) is 102 Å². The number of hydrogen-bond donors (Lipinski definition) is 1. The number of benzene rings is 2. The molecule has 0 aliphatic carbocycles. The zero-order valence-electron chi connectivity index (χ0n) is 25.9. The molecule has 1 atom stereocenters. The molecule has 44 heavy (non-hydrogen) atoms. The van der Waals surface area contributed by atoms with Crippen molar-refractivity contribution in [3.8, 4) is 11.8 Å². The number of thiol groups is 1. The molecule has 0 N–H and O–H groups in total. The first-order chi connectivity index (χ1) is 20.5. The lowest BCUT2D eigenvalue weighted by atomic mass is 9.98. The molecule has 0 radical (unpaired) electrons. The summed E-state index contributed by atoms with van der Waals surface area (Å²) in [5.74, 6) is 0.563. The van der Waals surface area contributed by atoms with Gasteiger partial charge in [-0.3, -0.25) is 9.69 Å². The number of ether oxygens (including phenoxy) is 2. The Kier molecular flexibility index (Phi) is 9.40. The lowest BCUT2D eigenvalue weighted by Gasteiger charge is -2.34. The lowest BCUT2D eigenvalue weighted by Crippen LogP contribution is -2.45. The monoisotopic (exact) mass is 632 g/mol. The molecule has 4 rings (SSSR count). The molecule has 2 fully saturated rings. The maximum absolute atomic E-state index is 13.7. The summed E-state index contributed by atoms with van der Waals surface area (Å²) in [6.45, 7) is 12.6. The van der Waals surface area contributed by atoms with Gasteiger partial charge < -0.3 is 19.3 Å². The second-order valence-electron chi connectivity index (χ2n) is 12.7. The van der Waals surface area contributed by atoms with Crippen molar-refractivity contribution >= 4 is 36.0 Å². The van der Waals surface area contributed by atoms with Crippen LogP contribution in [0.5, 0.6) is 5.75 Å². The summed E-state index contributed by atoms with van der Waals surface area (Å²) < 4.78 is 52.8. The van der Waals surface area contributed by atoms with Crippen molar-refractivity contribution < 1.29 is 32.2 Å². The molecule has 238 valence electrons. The Morgan fingerprint density at radius 2 is 1.73 bits per heavy atom. The molecule has 2 heterocycles. The highest BCUT2D eigenvalue weighted by molar-refractivity contribution is 7.81. The molecular formula is C32H39F3N4O4S. The minimum absolute atomic E-state index is 0.00489. The summed E-state index contributed by atoms with van der Waals surface area (Å²) in [5.41, 5.74) is -2.61. The van der Waals surface area contributed by atoms with Crippen LogP contribution in [0.25, 0.3) is 0 Å². The van der Waals surface area contributed by atoms with Crippen molar-refractivity contribution in [2.75, 3.05) is 29.5 Å². The minimum atomic E-state index is -4.76. The highest BCUT2D eigenvalue weighted by Gasteiger charge is 2.51. The number of carbonyl (C=O) groups excluding carboxylic acids is 2. The van der Waals surface area contributed by atoms with Crippen LogP contribution in [0.3, 0.4) is 0 Å². The van der Waals surface area contributed by atoms with Crippen molar-refractivity contribution in [2.45, 2.75) is 83.6 Å². The summed E-state index contributed by atoms with van der Waals surface area (Å²) in [7, 11) is 0. The average Bonchev–Trinajstić information content (AvgIpc) is 3.13. The molecule has 0 aromatic heterocycles. The summed E-state index contributed by atoms with van der Waals surface area (Å²) in [4.78, 5) is 30.7. The maximum Gasteiger partial charge on any atom is 0.417 e. The molecule has 2 aliphatic rings. The van der Waals surface area contributed by atoms with Crippen LogP contribution in [-0.2, 0) is 22.1 Å². The minimum Gasteiger partial charge on any atom is -0.493 e. The van der Waals surface area contributed by atoms with Crippen molar-refractivity contribution in [3.05, 3.63) is 53.1 Å². The van der Waals surface area contributed by atoms with Gasteiger partial charge >= 0.3 is 12.3 Å². The number of hydrogen-bond acceptors (Lipinski definition) is 7. The van der Waals surface area contributed by atoms with Gasteiger partial charge in [0.05, 0.1) is 23.8 Å². The summed E-state index contributed by atoms with van der Waals surface area (Å²) in [5, 5.41) is 9.18. The third-order valence-electron chi connectivity index (χ3n) is 7.96. The van der Waals surface area contributed by atoms with Gasteiger partial charge in [0.2, 0.25) is 0 Å². The average molecular weight is 633 g/mol. The molecule has 12 heteroatoms. The number of amides is 2. The molecule has 0 spiro atoms. The molecular weight excluding hydrogens is 593 g/mol. The van der Waals surface area contributed by atoms with Crippen molar-refractivity contribution in [1.29, 1.82) is 5.26 Å². The number of likely N-dealkylation sites (tertiary alicyclic amines) is 1. The van der Waals surface area contributed by atoms with E-state index in [1.54, 1.807) is 29.7 Å². The number of alkyl halides is 3. The predicted molar refractivity (Wildman–Crippen MR) is 165 cm³/mol. The highest BCUT2D eigenvalue weighted by atomic mass is 32.1. The maximum atomic E-state index is 13.7. The van der Waals surface area contributed by atoms with E-state index in [9.17, 15) is 28.0 Å². The van der Waals surface area contributed by atoms with Crippen LogP contribution in [0.2, 0.25) is 0 Å². The quantitative estimate of drug-likeness (QED) is 0.345. The fraction of sp³-hybridized carbons (Fsp3) is 0.531. The predicted octanol–water partition coefficient (Wildman–Crippen LogP) is 7.01. The zero-order valence-corrected chi connectivity index (χ0v) is 26.8. The Bertz CT molecular complexity index is 1440. The smallest absolute Gasteiger partial charge is 0.417 e. The van der Waals surface area contributed by atoms with Gasteiger partial charge in [0, 0.05) is 24.5 Å². The molecule has 2 saturated heterocycles. The number of piperidine rings is 1. The number of rotatable bonds is 6. The summed E-state index contributed by atoms with van der Waals surface area (Å²) >= 11 is 4.69. The van der Waals surface area contributed by atoms with E-state index in [0.717, 1.165) is 30.5 Å². The molecule has 8 nitrogen and oxygen atoms in total. The third-order valence-corrected chi connectivity index (χ3v) is 8.42. The van der Waals surface area contributed by atoms with E-state index in [1.807, 2.05) is 45.9 Å². The molecule has 1 unspecified atom stereocenters. The number of nitriles is 1. The second-order valence-corrected chi connectivity index (χ2v) is 13.1. The van der Waals surface area contributed by atoms with E-state index in [0.29, 0.717) is 37.6 Å². The highest BCUT2D eigenvalue weighted by Crippen LogP contribution is 2.43. The van der Waals surface area contributed by atoms with Gasteiger partial charge in [0.25, 0.3) is 5.91 Å². The fourth-order valence-corrected chi connectivity index (χ4v) is 6.24. The standard InChI is InChI=1S/C32H39F3N4O4S/c1-7-21-16-24(10-11-26(21)42-19-20-12-14-37(15-13-20)29(41)43-30(2,3)4)39-28(44)38(27(40)31(39,5)6)23-9-8-22(18-36)25(17-23)32(33,34)35/h8-11,16-17,20,28,44H,7,12-15,19H2,1-6H3. The van der Waals surface area contributed by atoms with Crippen molar-refractivity contribution in [1.82, 2.24) is 4.90 Å². The van der Waals surface area contributed by atoms with Crippen LogP contribution < -0.4 is 14.5 Å². The van der Waals surface area contributed by atoms with Crippen molar-refractivity contribution in [2.24, 2.45) is 5.92 Å². The van der Waals surface area contributed by atoms with E-state index >= 15 is 0 Å². The topological polar surface area (TPSA) is 86.1 Å². The Labute approximate surface area is 262 Å². The van der Waals surface area contributed by atoms with Gasteiger partial charge in [-0.2, -0.15) is 18.4 Å². The number of aryl methyl sites for hydroxylation is 1. The van der Waals surface area contributed by atoms with Crippen LogP contribution in [0.4, 0.5) is 29.3 Å². The summed E-state index contributed by atoms with van der Waals surface area (Å²) in [6, 6.07) is 10.4. The third kappa shape index (κ3) is 6.88. The molecule has 2 aliphatic heterocycles. The van der Waals surface area contributed by atoms with Gasteiger partial charge in [-0.1, -0.05) is 6.92 Å². The second kappa shape index (κ2) is 12.4. The van der Waals surface area contributed by atoms with Crippen LogP contribution in [0.1, 0.15) is 71.1 Å². The number of anilines is 2. The molecule has 0 saturated carbocycles. The Hall–Kier alpha value is -3.59. The van der Waals surface area contributed by atoms with Gasteiger partial charge in [-0.15, -0.1) is 12.6 Å². The van der Waals surface area contributed by atoms with E-state index in [-0.39, 0.29) is 17.7 Å². The molecule has 2 aromatic carbocycles. The largest absolute Gasteiger partial charge is 0.493 e. The normalized spacial score (nSPS) is 19.2. The first-order valence-electron chi connectivity index (χ1n) is 14.6. The fourth-order valence-electron chi connectivity index (χ4n) is 5.58. The van der Waals surface area contributed by atoms with Crippen LogP contribution in [-0.4, -0.2) is 53.2 Å². The van der Waals surface area contributed by atoms with Gasteiger partial charge in [0.15, 0.2) is 5.50 Å².